The van der Waals surface area contributed by atoms with Crippen LogP contribution in [0, 0.1) is 6.26 Å². The Balaban J connectivity index is 2.32. The summed E-state index contributed by atoms with van der Waals surface area (Å²) in [6, 6.07) is 15.1. The summed E-state index contributed by atoms with van der Waals surface area (Å²) in [5.41, 5.74) is 1.40. The van der Waals surface area contributed by atoms with Crippen molar-refractivity contribution in [1.29, 1.82) is 0 Å². The predicted molar refractivity (Wildman–Crippen MR) is 65.5 cm³/mol. The monoisotopic (exact) mass is 201 g/mol. The third-order valence-corrected chi connectivity index (χ3v) is 2.84. The molecule has 0 bridgehead atoms. The second-order valence-electron chi connectivity index (χ2n) is 3.34. The molecule has 1 radical (unpaired) electrons. The van der Waals surface area contributed by atoms with Crippen LogP contribution >= 0.6 is 11.8 Å². The van der Waals surface area contributed by atoms with E-state index < -0.39 is 0 Å². The van der Waals surface area contributed by atoms with E-state index in [1.54, 1.807) is 11.8 Å². The van der Waals surface area contributed by atoms with Crippen LogP contribution in [0.4, 0.5) is 0 Å². The van der Waals surface area contributed by atoms with Crippen LogP contribution in [0.5, 0.6) is 0 Å². The van der Waals surface area contributed by atoms with Gasteiger partial charge in [0, 0.05) is 6.26 Å². The van der Waals surface area contributed by atoms with Gasteiger partial charge in [0.2, 0.25) is 0 Å². The second kappa shape index (κ2) is 4.52. The normalized spacial score (nSPS) is 10.6. The van der Waals surface area contributed by atoms with Gasteiger partial charge in [-0.3, -0.25) is 0 Å². The van der Waals surface area contributed by atoms with Gasteiger partial charge in [-0.2, -0.15) is 11.8 Å². The largest absolute Gasteiger partial charge is 0.161 e. The molecule has 2 aromatic rings. The minimum Gasteiger partial charge on any atom is -0.161 e. The smallest absolute Gasteiger partial charge is 0.00237 e. The van der Waals surface area contributed by atoms with Gasteiger partial charge in [-0.25, -0.2) is 0 Å². The Kier molecular flexibility index (Phi) is 3.10. The van der Waals surface area contributed by atoms with Gasteiger partial charge >= 0.3 is 0 Å². The molecule has 0 heterocycles. The Labute approximate surface area is 89.3 Å². The summed E-state index contributed by atoms with van der Waals surface area (Å²) in [6.45, 7) is 0. The molecule has 71 valence electrons. The van der Waals surface area contributed by atoms with E-state index in [9.17, 15) is 0 Å². The van der Waals surface area contributed by atoms with E-state index in [4.69, 9.17) is 0 Å². The van der Waals surface area contributed by atoms with Gasteiger partial charge in [-0.1, -0.05) is 42.5 Å². The first-order valence-electron chi connectivity index (χ1n) is 4.75. The first kappa shape index (κ1) is 9.60. The summed E-state index contributed by atoms with van der Waals surface area (Å²) in [5, 5.41) is 2.65. The third kappa shape index (κ3) is 2.10. The molecule has 0 amide bonds. The fourth-order valence-corrected chi connectivity index (χ4v) is 1.96. The number of benzene rings is 2. The van der Waals surface area contributed by atoms with Crippen LogP contribution < -0.4 is 0 Å². The summed E-state index contributed by atoms with van der Waals surface area (Å²) >= 11 is 1.65. The van der Waals surface area contributed by atoms with Crippen molar-refractivity contribution in [2.45, 2.75) is 6.42 Å². The van der Waals surface area contributed by atoms with Crippen molar-refractivity contribution >= 4 is 22.5 Å². The van der Waals surface area contributed by atoms with E-state index in [1.165, 1.54) is 16.3 Å². The van der Waals surface area contributed by atoms with Crippen LogP contribution in [0.3, 0.4) is 0 Å². The Morgan fingerprint density at radius 1 is 1.00 bits per heavy atom. The number of hydrogen-bond acceptors (Lipinski definition) is 1. The van der Waals surface area contributed by atoms with E-state index in [1.807, 2.05) is 0 Å². The summed E-state index contributed by atoms with van der Waals surface area (Å²) in [4.78, 5) is 0. The first-order valence-corrected chi connectivity index (χ1v) is 5.90. The molecule has 14 heavy (non-hydrogen) atoms. The van der Waals surface area contributed by atoms with Gasteiger partial charge in [0.1, 0.15) is 0 Å². The molecule has 0 saturated carbocycles. The lowest BCUT2D eigenvalue weighted by molar-refractivity contribution is 1.17. The highest BCUT2D eigenvalue weighted by molar-refractivity contribution is 8.00. The van der Waals surface area contributed by atoms with Crippen LogP contribution in [0.2, 0.25) is 0 Å². The molecule has 2 rings (SSSR count). The average Bonchev–Trinajstić information content (AvgIpc) is 2.26. The fraction of sp³-hybridized carbons (Fsp3) is 0.154. The van der Waals surface area contributed by atoms with E-state index in [2.05, 4.69) is 48.7 Å². The lowest BCUT2D eigenvalue weighted by Crippen LogP contribution is -1.86. The van der Waals surface area contributed by atoms with E-state index in [-0.39, 0.29) is 0 Å². The molecule has 1 heteroatoms. The molecular weight excluding hydrogens is 188 g/mol. The van der Waals surface area contributed by atoms with Crippen molar-refractivity contribution in [2.75, 3.05) is 5.75 Å². The lowest BCUT2D eigenvalue weighted by Gasteiger charge is -2.02. The fourth-order valence-electron chi connectivity index (χ4n) is 1.58. The summed E-state index contributed by atoms with van der Waals surface area (Å²) in [7, 11) is 0. The molecule has 0 saturated heterocycles. The van der Waals surface area contributed by atoms with E-state index in [0.717, 1.165) is 12.2 Å². The highest BCUT2D eigenvalue weighted by Crippen LogP contribution is 2.16. The van der Waals surface area contributed by atoms with E-state index >= 15 is 0 Å². The van der Waals surface area contributed by atoms with Crippen molar-refractivity contribution in [2.24, 2.45) is 0 Å². The highest BCUT2D eigenvalue weighted by Gasteiger charge is 1.95. The number of hydrogen-bond donors (Lipinski definition) is 0. The molecule has 0 atom stereocenters. The van der Waals surface area contributed by atoms with Gasteiger partial charge in [-0.05, 0) is 28.5 Å². The molecular formula is C13H13S. The van der Waals surface area contributed by atoms with Crippen LogP contribution in [0.15, 0.2) is 42.5 Å². The maximum atomic E-state index is 3.78. The molecule has 0 nitrogen and oxygen atoms in total. The molecule has 0 aromatic heterocycles. The SMILES string of the molecule is [CH2]SCCc1ccc2ccccc2c1. The minimum atomic E-state index is 1.10. The van der Waals surface area contributed by atoms with Crippen molar-refractivity contribution in [3.8, 4) is 0 Å². The zero-order valence-corrected chi connectivity index (χ0v) is 8.89. The quantitative estimate of drug-likeness (QED) is 0.725. The predicted octanol–water partition coefficient (Wildman–Crippen LogP) is 3.91. The molecule has 0 aliphatic rings. The van der Waals surface area contributed by atoms with E-state index in [0.29, 0.717) is 0 Å². The molecule has 0 fully saturated rings. The van der Waals surface area contributed by atoms with Gasteiger partial charge in [0.25, 0.3) is 0 Å². The van der Waals surface area contributed by atoms with Crippen molar-refractivity contribution in [1.82, 2.24) is 0 Å². The van der Waals surface area contributed by atoms with Crippen LogP contribution in [0.1, 0.15) is 5.56 Å². The first-order chi connectivity index (χ1) is 6.90. The highest BCUT2D eigenvalue weighted by atomic mass is 32.2. The maximum Gasteiger partial charge on any atom is 0.00237 e. The number of aryl methyl sites for hydroxylation is 1. The van der Waals surface area contributed by atoms with Crippen molar-refractivity contribution < 1.29 is 0 Å². The van der Waals surface area contributed by atoms with Crippen molar-refractivity contribution in [3.63, 3.8) is 0 Å². The maximum absolute atomic E-state index is 3.78. The number of fused-ring (bicyclic) bond motifs is 1. The molecule has 0 unspecified atom stereocenters. The van der Waals surface area contributed by atoms with Crippen LogP contribution in [-0.2, 0) is 6.42 Å². The van der Waals surface area contributed by atoms with Crippen LogP contribution in [-0.4, -0.2) is 5.75 Å². The van der Waals surface area contributed by atoms with Crippen LogP contribution in [0.25, 0.3) is 10.8 Å². The standard InChI is InChI=1S/C13H13S/c1-14-9-8-11-6-7-12-4-2-3-5-13(12)10-11/h2-7,10H,1,8-9H2. The Bertz CT molecular complexity index is 420. The Morgan fingerprint density at radius 3 is 2.57 bits per heavy atom. The molecule has 0 aliphatic carbocycles. The summed E-state index contributed by atoms with van der Waals surface area (Å²) in [5.74, 6) is 1.10. The zero-order valence-electron chi connectivity index (χ0n) is 8.07. The zero-order chi connectivity index (χ0) is 9.80. The number of rotatable bonds is 3. The Hall–Kier alpha value is -0.950. The molecule has 0 spiro atoms. The number of thioether (sulfide) groups is 1. The second-order valence-corrected chi connectivity index (χ2v) is 4.16. The summed E-state index contributed by atoms with van der Waals surface area (Å²) in [6.07, 6.45) is 4.89. The minimum absolute atomic E-state index is 1.10. The van der Waals surface area contributed by atoms with Gasteiger partial charge in [0.15, 0.2) is 0 Å². The Morgan fingerprint density at radius 2 is 1.79 bits per heavy atom. The van der Waals surface area contributed by atoms with Crippen molar-refractivity contribution in [3.05, 3.63) is 54.3 Å². The van der Waals surface area contributed by atoms with Gasteiger partial charge in [-0.15, -0.1) is 0 Å². The lowest BCUT2D eigenvalue weighted by atomic mass is 10.1. The van der Waals surface area contributed by atoms with Gasteiger partial charge in [0.05, 0.1) is 0 Å². The third-order valence-electron chi connectivity index (χ3n) is 2.35. The average molecular weight is 201 g/mol. The van der Waals surface area contributed by atoms with Gasteiger partial charge < -0.3 is 0 Å². The summed E-state index contributed by atoms with van der Waals surface area (Å²) < 4.78 is 0. The molecule has 0 aliphatic heterocycles. The molecule has 0 N–H and O–H groups in total. The topological polar surface area (TPSA) is 0 Å². The molecule has 2 aromatic carbocycles.